The highest BCUT2D eigenvalue weighted by atomic mass is 79.9. The molecule has 192 valence electrons. The van der Waals surface area contributed by atoms with E-state index in [0.717, 1.165) is 35.7 Å². The van der Waals surface area contributed by atoms with Crippen LogP contribution in [0.15, 0.2) is 59.8 Å². The first-order valence-electron chi connectivity index (χ1n) is 11.9. The molecule has 0 aromatic carbocycles. The van der Waals surface area contributed by atoms with Crippen LogP contribution in [0.1, 0.15) is 45.4 Å². The molecular weight excluding hydrogens is 500 g/mol. The third-order valence-electron chi connectivity index (χ3n) is 6.49. The molecule has 1 aliphatic heterocycles. The van der Waals surface area contributed by atoms with E-state index in [1.807, 2.05) is 12.2 Å². The topological polar surface area (TPSA) is 66.4 Å². The fraction of sp³-hybridized carbons (Fsp3) is 0.630. The minimum absolute atomic E-state index is 0.0618. The number of alkyl halides is 1. The van der Waals surface area contributed by atoms with E-state index in [1.165, 1.54) is 5.57 Å². The fourth-order valence-corrected chi connectivity index (χ4v) is 4.75. The van der Waals surface area contributed by atoms with Gasteiger partial charge in [-0.2, -0.15) is 0 Å². The number of methoxy groups -OCH3 is 3. The molecule has 0 aromatic heterocycles. The van der Waals surface area contributed by atoms with E-state index < -0.39 is 6.29 Å². The van der Waals surface area contributed by atoms with Crippen molar-refractivity contribution in [1.29, 1.82) is 0 Å². The first-order valence-corrected chi connectivity index (χ1v) is 12.8. The number of hydrogen-bond donors (Lipinski definition) is 1. The van der Waals surface area contributed by atoms with Crippen molar-refractivity contribution in [3.05, 3.63) is 59.8 Å². The summed E-state index contributed by atoms with van der Waals surface area (Å²) < 4.78 is 28.7. The van der Waals surface area contributed by atoms with Crippen molar-refractivity contribution in [2.45, 2.75) is 62.7 Å². The predicted octanol–water partition coefficient (Wildman–Crippen LogP) is 5.79. The van der Waals surface area contributed by atoms with Gasteiger partial charge in [-0.25, -0.2) is 0 Å². The van der Waals surface area contributed by atoms with Gasteiger partial charge in [-0.3, -0.25) is 0 Å². The lowest BCUT2D eigenvalue weighted by Crippen LogP contribution is -2.35. The van der Waals surface area contributed by atoms with Gasteiger partial charge in [-0.1, -0.05) is 45.8 Å². The fourth-order valence-electron chi connectivity index (χ4n) is 4.34. The van der Waals surface area contributed by atoms with Crippen LogP contribution in [0.25, 0.3) is 0 Å². The van der Waals surface area contributed by atoms with Crippen LogP contribution in [0.2, 0.25) is 0 Å². The van der Waals surface area contributed by atoms with Gasteiger partial charge in [0.15, 0.2) is 6.29 Å². The molecule has 1 N–H and O–H groups in total. The van der Waals surface area contributed by atoms with Crippen LogP contribution in [0.5, 0.6) is 0 Å². The molecule has 1 heterocycles. The lowest BCUT2D eigenvalue weighted by Gasteiger charge is -2.37. The van der Waals surface area contributed by atoms with Crippen molar-refractivity contribution in [3.63, 3.8) is 0 Å². The summed E-state index contributed by atoms with van der Waals surface area (Å²) in [5.74, 6) is 2.53. The lowest BCUT2D eigenvalue weighted by atomic mass is 9.81. The average Bonchev–Trinajstić information content (AvgIpc) is 2.82. The number of rotatable bonds is 11. The molecule has 5 atom stereocenters. The van der Waals surface area contributed by atoms with Crippen LogP contribution >= 0.6 is 15.9 Å². The van der Waals surface area contributed by atoms with Crippen molar-refractivity contribution >= 4 is 15.9 Å². The molecule has 0 amide bonds. The van der Waals surface area contributed by atoms with Gasteiger partial charge in [-0.15, -0.1) is 6.58 Å². The molecule has 0 spiro atoms. The average molecular weight is 542 g/mol. The van der Waals surface area contributed by atoms with Crippen LogP contribution in [0.4, 0.5) is 0 Å². The quantitative estimate of drug-likeness (QED) is 0.203. The van der Waals surface area contributed by atoms with Crippen LogP contribution in [0.3, 0.4) is 0 Å². The molecule has 0 bridgehead atoms. The summed E-state index contributed by atoms with van der Waals surface area (Å²) in [7, 11) is 4.98. The van der Waals surface area contributed by atoms with Crippen molar-refractivity contribution in [3.8, 4) is 0 Å². The van der Waals surface area contributed by atoms with E-state index in [0.29, 0.717) is 38.9 Å². The van der Waals surface area contributed by atoms with Crippen LogP contribution in [0, 0.1) is 11.8 Å². The van der Waals surface area contributed by atoms with E-state index >= 15 is 0 Å². The van der Waals surface area contributed by atoms with E-state index in [1.54, 1.807) is 21.3 Å². The highest BCUT2D eigenvalue weighted by Gasteiger charge is 2.36. The van der Waals surface area contributed by atoms with Crippen molar-refractivity contribution in [2.24, 2.45) is 11.8 Å². The zero-order valence-corrected chi connectivity index (χ0v) is 22.6. The second-order valence-electron chi connectivity index (χ2n) is 8.82. The summed E-state index contributed by atoms with van der Waals surface area (Å²) in [6.07, 6.45) is 8.85. The van der Waals surface area contributed by atoms with Gasteiger partial charge in [-0.05, 0) is 25.8 Å². The van der Waals surface area contributed by atoms with Gasteiger partial charge >= 0.3 is 0 Å². The number of allylic oxidation sites excluding steroid dienone is 3. The normalized spacial score (nSPS) is 27.7. The Morgan fingerprint density at radius 1 is 1.26 bits per heavy atom. The summed E-state index contributed by atoms with van der Waals surface area (Å²) >= 11 is 3.66. The summed E-state index contributed by atoms with van der Waals surface area (Å²) in [4.78, 5) is 0.254. The molecule has 1 aliphatic carbocycles. The van der Waals surface area contributed by atoms with Crippen LogP contribution in [-0.2, 0) is 23.7 Å². The summed E-state index contributed by atoms with van der Waals surface area (Å²) in [6, 6.07) is 0. The Kier molecular flexibility index (Phi) is 12.5. The van der Waals surface area contributed by atoms with E-state index in [4.69, 9.17) is 23.7 Å². The number of hydrogen-bond acceptors (Lipinski definition) is 6. The van der Waals surface area contributed by atoms with Crippen molar-refractivity contribution in [1.82, 2.24) is 0 Å². The molecule has 2 aliphatic rings. The molecule has 0 saturated carbocycles. The largest absolute Gasteiger partial charge is 0.501 e. The second kappa shape index (κ2) is 14.8. The number of aliphatic hydroxyl groups excluding tert-OH is 1. The molecular formula is C27H41BrO6. The number of ether oxygens (including phenoxy) is 5. The van der Waals surface area contributed by atoms with E-state index in [9.17, 15) is 5.11 Å². The summed E-state index contributed by atoms with van der Waals surface area (Å²) in [6.45, 7) is 11.4. The molecule has 34 heavy (non-hydrogen) atoms. The highest BCUT2D eigenvalue weighted by molar-refractivity contribution is 9.09. The number of halogens is 1. The molecule has 0 fully saturated rings. The Hall–Kier alpha value is -1.54. The maximum atomic E-state index is 10.6. The molecule has 7 heteroatoms. The zero-order valence-electron chi connectivity index (χ0n) is 21.1. The smallest absolute Gasteiger partial charge is 0.158 e. The van der Waals surface area contributed by atoms with Crippen LogP contribution in [-0.4, -0.2) is 56.9 Å². The monoisotopic (exact) mass is 540 g/mol. The third kappa shape index (κ3) is 8.59. The standard InChI is InChI=1S/C27H41BrO6/c1-7-20(14-22(31-5)12-13-30-4)17-33-26-16-24-23(15-25(26)32-6)18(2)8-9-21(19(3)28)10-11-27(29)34-24/h7,10,12,19-20,23-24,27,29H,1-2,8-9,11,13-17H2,3-6H3/b21-10+,22-12+/t19?,20-,23-,24-,27-/m0/s1. The highest BCUT2D eigenvalue weighted by Crippen LogP contribution is 2.40. The predicted molar refractivity (Wildman–Crippen MR) is 138 cm³/mol. The SMILES string of the molecule is C=C[C@H](COC1=C(OC)C[C@H]2C(=C)CC/C(C(C)Br)=C\C[C@@H](O)O[C@H]2C1)C/C(=C\COC)OC. The molecule has 0 radical (unpaired) electrons. The van der Waals surface area contributed by atoms with Gasteiger partial charge in [0.05, 0.1) is 39.3 Å². The molecule has 2 rings (SSSR count). The number of aliphatic hydroxyl groups is 1. The van der Waals surface area contributed by atoms with Crippen molar-refractivity contribution in [2.75, 3.05) is 34.5 Å². The van der Waals surface area contributed by atoms with E-state index in [-0.39, 0.29) is 22.8 Å². The van der Waals surface area contributed by atoms with E-state index in [2.05, 4.69) is 42.1 Å². The van der Waals surface area contributed by atoms with Crippen LogP contribution < -0.4 is 0 Å². The molecule has 0 aromatic rings. The maximum Gasteiger partial charge on any atom is 0.158 e. The first kappa shape index (κ1) is 28.7. The second-order valence-corrected chi connectivity index (χ2v) is 10.2. The summed E-state index contributed by atoms with van der Waals surface area (Å²) in [5.41, 5.74) is 2.37. The molecule has 6 nitrogen and oxygen atoms in total. The Morgan fingerprint density at radius 2 is 2.03 bits per heavy atom. The number of fused-ring (bicyclic) bond motifs is 1. The Bertz CT molecular complexity index is 769. The zero-order chi connectivity index (χ0) is 25.1. The van der Waals surface area contributed by atoms with Gasteiger partial charge in [0, 0.05) is 49.5 Å². The van der Waals surface area contributed by atoms with Gasteiger partial charge < -0.3 is 28.8 Å². The Labute approximate surface area is 213 Å². The third-order valence-corrected chi connectivity index (χ3v) is 7.08. The minimum Gasteiger partial charge on any atom is -0.501 e. The van der Waals surface area contributed by atoms with Gasteiger partial charge in [0.25, 0.3) is 0 Å². The van der Waals surface area contributed by atoms with Crippen molar-refractivity contribution < 1.29 is 28.8 Å². The maximum absolute atomic E-state index is 10.6. The lowest BCUT2D eigenvalue weighted by molar-refractivity contribution is -0.151. The van der Waals surface area contributed by atoms with Gasteiger partial charge in [0.1, 0.15) is 11.5 Å². The Balaban J connectivity index is 2.13. The summed E-state index contributed by atoms with van der Waals surface area (Å²) in [5, 5.41) is 10.6. The van der Waals surface area contributed by atoms with Gasteiger partial charge in [0.2, 0.25) is 0 Å². The molecule has 1 unspecified atom stereocenters. The first-order chi connectivity index (χ1) is 16.3. The molecule has 0 saturated heterocycles. The minimum atomic E-state index is -0.874. The Morgan fingerprint density at radius 3 is 2.65 bits per heavy atom.